The Balaban J connectivity index is 1.90. The first-order chi connectivity index (χ1) is 9.38. The van der Waals surface area contributed by atoms with Gasteiger partial charge in [-0.2, -0.15) is 0 Å². The van der Waals surface area contributed by atoms with Crippen LogP contribution < -0.4 is 4.72 Å². The van der Waals surface area contributed by atoms with Crippen molar-refractivity contribution in [3.05, 3.63) is 27.8 Å². The number of likely N-dealkylation sites (tertiary alicyclic amines) is 1. The standard InChI is InChI=1S/C14H21IN2O2S/c1-11-8-12(2)17(10-11)7-6-16-20(18,19)14-5-3-4-13(15)9-14/h3-5,9,11-12,16H,6-8,10H2,1-2H3. The molecule has 1 aromatic carbocycles. The van der Waals surface area contributed by atoms with Crippen LogP contribution in [0.3, 0.4) is 0 Å². The fourth-order valence-electron chi connectivity index (χ4n) is 2.74. The molecule has 2 rings (SSSR count). The zero-order valence-electron chi connectivity index (χ0n) is 11.8. The predicted molar refractivity (Wildman–Crippen MR) is 89.2 cm³/mol. The second-order valence-electron chi connectivity index (χ2n) is 5.54. The van der Waals surface area contributed by atoms with Gasteiger partial charge in [0.05, 0.1) is 4.90 Å². The van der Waals surface area contributed by atoms with Crippen LogP contribution in [0.1, 0.15) is 20.3 Å². The van der Waals surface area contributed by atoms with Crippen LogP contribution in [-0.4, -0.2) is 39.0 Å². The zero-order valence-corrected chi connectivity index (χ0v) is 14.8. The molecule has 1 aliphatic heterocycles. The average molecular weight is 408 g/mol. The van der Waals surface area contributed by atoms with Crippen LogP contribution in [0.2, 0.25) is 0 Å². The molecule has 0 spiro atoms. The highest BCUT2D eigenvalue weighted by molar-refractivity contribution is 14.1. The van der Waals surface area contributed by atoms with Crippen molar-refractivity contribution < 1.29 is 8.42 Å². The predicted octanol–water partition coefficient (Wildman–Crippen LogP) is 2.30. The molecular formula is C14H21IN2O2S. The Labute approximate surface area is 135 Å². The number of rotatable bonds is 5. The van der Waals surface area contributed by atoms with Gasteiger partial charge in [0.15, 0.2) is 0 Å². The van der Waals surface area contributed by atoms with Gasteiger partial charge in [-0.25, -0.2) is 13.1 Å². The van der Waals surface area contributed by atoms with Crippen LogP contribution in [0.5, 0.6) is 0 Å². The maximum absolute atomic E-state index is 12.2. The first-order valence-corrected chi connectivity index (χ1v) is 9.44. The summed E-state index contributed by atoms with van der Waals surface area (Å²) in [4.78, 5) is 2.69. The van der Waals surface area contributed by atoms with Gasteiger partial charge >= 0.3 is 0 Å². The van der Waals surface area contributed by atoms with E-state index in [1.165, 1.54) is 6.42 Å². The van der Waals surface area contributed by atoms with Gasteiger partial charge in [-0.15, -0.1) is 0 Å². The molecule has 20 heavy (non-hydrogen) atoms. The lowest BCUT2D eigenvalue weighted by Gasteiger charge is -2.21. The van der Waals surface area contributed by atoms with E-state index in [0.29, 0.717) is 23.4 Å². The SMILES string of the molecule is CC1CC(C)N(CCNS(=O)(=O)c2cccc(I)c2)C1. The van der Waals surface area contributed by atoms with E-state index in [4.69, 9.17) is 0 Å². The van der Waals surface area contributed by atoms with Crippen molar-refractivity contribution in [3.8, 4) is 0 Å². The molecule has 4 nitrogen and oxygen atoms in total. The van der Waals surface area contributed by atoms with Crippen LogP contribution in [0, 0.1) is 9.49 Å². The molecule has 0 aliphatic carbocycles. The Bertz CT molecular complexity index is 562. The van der Waals surface area contributed by atoms with Gasteiger partial charge in [0.25, 0.3) is 0 Å². The number of nitrogens with one attached hydrogen (secondary N) is 1. The minimum atomic E-state index is -3.39. The third-order valence-electron chi connectivity index (χ3n) is 3.71. The van der Waals surface area contributed by atoms with Crippen molar-refractivity contribution >= 4 is 32.6 Å². The lowest BCUT2D eigenvalue weighted by Crippen LogP contribution is -2.36. The van der Waals surface area contributed by atoms with Gasteiger partial charge in [-0.3, -0.25) is 4.90 Å². The molecule has 0 bridgehead atoms. The molecule has 0 aromatic heterocycles. The van der Waals surface area contributed by atoms with Crippen molar-refractivity contribution in [2.24, 2.45) is 5.92 Å². The third-order valence-corrected chi connectivity index (χ3v) is 5.84. The highest BCUT2D eigenvalue weighted by Gasteiger charge is 2.25. The number of benzene rings is 1. The monoisotopic (exact) mass is 408 g/mol. The summed E-state index contributed by atoms with van der Waals surface area (Å²) < 4.78 is 28.0. The summed E-state index contributed by atoms with van der Waals surface area (Å²) in [5.74, 6) is 0.706. The number of nitrogens with zero attached hydrogens (tertiary/aromatic N) is 1. The number of hydrogen-bond acceptors (Lipinski definition) is 3. The van der Waals surface area contributed by atoms with E-state index < -0.39 is 10.0 Å². The van der Waals surface area contributed by atoms with Crippen molar-refractivity contribution in [1.29, 1.82) is 0 Å². The maximum Gasteiger partial charge on any atom is 0.240 e. The molecule has 1 aromatic rings. The van der Waals surface area contributed by atoms with Gasteiger partial charge in [-0.05, 0) is 60.1 Å². The largest absolute Gasteiger partial charge is 0.299 e. The first-order valence-electron chi connectivity index (χ1n) is 6.88. The molecule has 0 saturated carbocycles. The zero-order chi connectivity index (χ0) is 14.8. The molecule has 1 N–H and O–H groups in total. The summed E-state index contributed by atoms with van der Waals surface area (Å²) in [6.45, 7) is 6.75. The van der Waals surface area contributed by atoms with E-state index in [1.54, 1.807) is 18.2 Å². The third kappa shape index (κ3) is 4.16. The lowest BCUT2D eigenvalue weighted by molar-refractivity contribution is 0.270. The summed E-state index contributed by atoms with van der Waals surface area (Å²) in [6.07, 6.45) is 1.20. The Morgan fingerprint density at radius 2 is 2.15 bits per heavy atom. The van der Waals surface area contributed by atoms with Crippen molar-refractivity contribution in [2.75, 3.05) is 19.6 Å². The molecular weight excluding hydrogens is 387 g/mol. The fourth-order valence-corrected chi connectivity index (χ4v) is 4.56. The molecule has 0 radical (unpaired) electrons. The van der Waals surface area contributed by atoms with Gasteiger partial charge in [-0.1, -0.05) is 13.0 Å². The van der Waals surface area contributed by atoms with Gasteiger partial charge in [0.2, 0.25) is 10.0 Å². The highest BCUT2D eigenvalue weighted by atomic mass is 127. The minimum absolute atomic E-state index is 0.340. The number of halogens is 1. The molecule has 1 heterocycles. The van der Waals surface area contributed by atoms with Crippen LogP contribution >= 0.6 is 22.6 Å². The van der Waals surface area contributed by atoms with E-state index in [0.717, 1.165) is 16.7 Å². The fraction of sp³-hybridized carbons (Fsp3) is 0.571. The molecule has 1 saturated heterocycles. The highest BCUT2D eigenvalue weighted by Crippen LogP contribution is 2.21. The van der Waals surface area contributed by atoms with E-state index in [1.807, 2.05) is 6.07 Å². The summed E-state index contributed by atoms with van der Waals surface area (Å²) >= 11 is 2.12. The molecule has 1 aliphatic rings. The Morgan fingerprint density at radius 1 is 1.40 bits per heavy atom. The topological polar surface area (TPSA) is 49.4 Å². The van der Waals surface area contributed by atoms with Gasteiger partial charge in [0.1, 0.15) is 0 Å². The summed E-state index contributed by atoms with van der Waals surface area (Å²) in [5, 5.41) is 0. The summed E-state index contributed by atoms with van der Waals surface area (Å²) in [7, 11) is -3.39. The number of hydrogen-bond donors (Lipinski definition) is 1. The van der Waals surface area contributed by atoms with Gasteiger partial charge < -0.3 is 0 Å². The smallest absolute Gasteiger partial charge is 0.240 e. The quantitative estimate of drug-likeness (QED) is 0.761. The second kappa shape index (κ2) is 6.72. The van der Waals surface area contributed by atoms with E-state index in [2.05, 4.69) is 46.1 Å². The minimum Gasteiger partial charge on any atom is -0.299 e. The maximum atomic E-state index is 12.2. The Hall–Kier alpha value is -0.180. The summed E-state index contributed by atoms with van der Waals surface area (Å²) in [5.41, 5.74) is 0. The molecule has 112 valence electrons. The summed E-state index contributed by atoms with van der Waals surface area (Å²) in [6, 6.07) is 7.51. The molecule has 0 amide bonds. The molecule has 1 fully saturated rings. The van der Waals surface area contributed by atoms with Crippen molar-refractivity contribution in [3.63, 3.8) is 0 Å². The number of sulfonamides is 1. The molecule has 2 unspecified atom stereocenters. The average Bonchev–Trinajstić information content (AvgIpc) is 2.68. The molecule has 2 atom stereocenters. The molecule has 6 heteroatoms. The van der Waals surface area contributed by atoms with Crippen LogP contribution in [0.4, 0.5) is 0 Å². The van der Waals surface area contributed by atoms with Crippen LogP contribution in [0.25, 0.3) is 0 Å². The van der Waals surface area contributed by atoms with E-state index in [-0.39, 0.29) is 0 Å². The first kappa shape index (κ1) is 16.2. The van der Waals surface area contributed by atoms with Crippen LogP contribution in [-0.2, 0) is 10.0 Å². The van der Waals surface area contributed by atoms with Gasteiger partial charge in [0, 0.05) is 29.2 Å². The van der Waals surface area contributed by atoms with E-state index in [9.17, 15) is 8.42 Å². The van der Waals surface area contributed by atoms with E-state index >= 15 is 0 Å². The second-order valence-corrected chi connectivity index (χ2v) is 8.55. The van der Waals surface area contributed by atoms with Crippen molar-refractivity contribution in [1.82, 2.24) is 9.62 Å². The normalized spacial score (nSPS) is 24.1. The Kier molecular flexibility index (Phi) is 5.44. The Morgan fingerprint density at radius 3 is 2.75 bits per heavy atom. The van der Waals surface area contributed by atoms with Crippen molar-refractivity contribution in [2.45, 2.75) is 31.2 Å². The van der Waals surface area contributed by atoms with Crippen LogP contribution in [0.15, 0.2) is 29.2 Å². The lowest BCUT2D eigenvalue weighted by atomic mass is 10.1.